The number of benzene rings is 1. The van der Waals surface area contributed by atoms with E-state index in [1.54, 1.807) is 6.20 Å². The number of hydrogen-bond donors (Lipinski definition) is 1. The fourth-order valence-corrected chi connectivity index (χ4v) is 3.52. The average molecular weight is 345 g/mol. The number of rotatable bonds is 6. The lowest BCUT2D eigenvalue weighted by atomic mass is 10.1. The summed E-state index contributed by atoms with van der Waals surface area (Å²) < 4.78 is 7.24. The van der Waals surface area contributed by atoms with Crippen LogP contribution >= 0.6 is 11.8 Å². The molecule has 24 heavy (non-hydrogen) atoms. The van der Waals surface area contributed by atoms with Gasteiger partial charge in [0.1, 0.15) is 0 Å². The van der Waals surface area contributed by atoms with E-state index < -0.39 is 0 Å². The molecule has 1 unspecified atom stereocenters. The van der Waals surface area contributed by atoms with Crippen LogP contribution in [0.1, 0.15) is 31.9 Å². The highest BCUT2D eigenvalue weighted by atomic mass is 32.2. The molecule has 1 saturated heterocycles. The third kappa shape index (κ3) is 4.61. The zero-order valence-electron chi connectivity index (χ0n) is 14.1. The molecule has 0 spiro atoms. The molecule has 128 valence electrons. The van der Waals surface area contributed by atoms with Gasteiger partial charge in [0.15, 0.2) is 0 Å². The Kier molecular flexibility index (Phi) is 5.58. The van der Waals surface area contributed by atoms with Crippen LogP contribution in [0.15, 0.2) is 41.6 Å². The predicted molar refractivity (Wildman–Crippen MR) is 96.5 cm³/mol. The zero-order valence-corrected chi connectivity index (χ0v) is 14.9. The summed E-state index contributed by atoms with van der Waals surface area (Å²) in [5, 5.41) is 7.79. The monoisotopic (exact) mass is 345 g/mol. The molecule has 6 heteroatoms. The molecule has 3 rings (SSSR count). The smallest absolute Gasteiger partial charge is 0.228 e. The standard InChI is InChI=1S/C18H23N3O2S/c1-13(2)24-17-5-3-14(4-6-17)9-18(22)20-15-10-19-21(11-15)16-7-8-23-12-16/h3-6,10-11,13,16H,7-9,12H2,1-2H3,(H,20,22). The fourth-order valence-electron chi connectivity index (χ4n) is 2.68. The molecular formula is C18H23N3O2S. The molecule has 2 aromatic rings. The largest absolute Gasteiger partial charge is 0.379 e. The maximum atomic E-state index is 12.2. The number of thioether (sulfide) groups is 1. The van der Waals surface area contributed by atoms with Gasteiger partial charge in [0.25, 0.3) is 0 Å². The molecule has 1 aliphatic heterocycles. The second kappa shape index (κ2) is 7.85. The molecule has 1 aliphatic rings. The Morgan fingerprint density at radius 2 is 2.21 bits per heavy atom. The number of nitrogens with zero attached hydrogens (tertiary/aromatic N) is 2. The third-order valence-corrected chi connectivity index (χ3v) is 4.84. The molecule has 2 heterocycles. The summed E-state index contributed by atoms with van der Waals surface area (Å²) in [5.41, 5.74) is 1.75. The van der Waals surface area contributed by atoms with Crippen LogP contribution in [0.5, 0.6) is 0 Å². The van der Waals surface area contributed by atoms with E-state index in [2.05, 4.69) is 36.4 Å². The van der Waals surface area contributed by atoms with E-state index >= 15 is 0 Å². The molecule has 1 N–H and O–H groups in total. The lowest BCUT2D eigenvalue weighted by molar-refractivity contribution is -0.115. The van der Waals surface area contributed by atoms with Gasteiger partial charge in [-0.1, -0.05) is 26.0 Å². The number of nitrogens with one attached hydrogen (secondary N) is 1. The molecular weight excluding hydrogens is 322 g/mol. The zero-order chi connectivity index (χ0) is 16.9. The SMILES string of the molecule is CC(C)Sc1ccc(CC(=O)Nc2cnn(C3CCOC3)c2)cc1. The van der Waals surface area contributed by atoms with Crippen molar-refractivity contribution in [2.24, 2.45) is 0 Å². The summed E-state index contributed by atoms with van der Waals surface area (Å²) in [6.07, 6.45) is 4.90. The first-order valence-electron chi connectivity index (χ1n) is 8.27. The van der Waals surface area contributed by atoms with E-state index in [4.69, 9.17) is 4.74 Å². The topological polar surface area (TPSA) is 56.2 Å². The minimum Gasteiger partial charge on any atom is -0.379 e. The lowest BCUT2D eigenvalue weighted by Crippen LogP contribution is -2.14. The highest BCUT2D eigenvalue weighted by Crippen LogP contribution is 2.23. The van der Waals surface area contributed by atoms with Gasteiger partial charge in [-0.25, -0.2) is 0 Å². The molecule has 0 aliphatic carbocycles. The maximum absolute atomic E-state index is 12.2. The Hall–Kier alpha value is -1.79. The molecule has 0 radical (unpaired) electrons. The molecule has 1 aromatic heterocycles. The van der Waals surface area contributed by atoms with Crippen molar-refractivity contribution in [3.05, 3.63) is 42.2 Å². The first-order valence-corrected chi connectivity index (χ1v) is 9.15. The van der Waals surface area contributed by atoms with Gasteiger partial charge in [0.2, 0.25) is 5.91 Å². The van der Waals surface area contributed by atoms with Crippen LogP contribution in [0.3, 0.4) is 0 Å². The van der Waals surface area contributed by atoms with E-state index in [-0.39, 0.29) is 11.9 Å². The van der Waals surface area contributed by atoms with E-state index in [1.165, 1.54) is 4.90 Å². The van der Waals surface area contributed by atoms with Crippen molar-refractivity contribution in [1.82, 2.24) is 9.78 Å². The second-order valence-electron chi connectivity index (χ2n) is 6.26. The molecule has 1 amide bonds. The summed E-state index contributed by atoms with van der Waals surface area (Å²) in [6.45, 7) is 5.81. The van der Waals surface area contributed by atoms with Crippen molar-refractivity contribution in [2.75, 3.05) is 18.5 Å². The molecule has 1 atom stereocenters. The van der Waals surface area contributed by atoms with E-state index in [0.29, 0.717) is 18.3 Å². The summed E-state index contributed by atoms with van der Waals surface area (Å²) in [5.74, 6) is -0.0264. The van der Waals surface area contributed by atoms with Crippen LogP contribution in [-0.4, -0.2) is 34.2 Å². The van der Waals surface area contributed by atoms with Gasteiger partial charge in [-0.2, -0.15) is 5.10 Å². The van der Waals surface area contributed by atoms with Crippen molar-refractivity contribution < 1.29 is 9.53 Å². The lowest BCUT2D eigenvalue weighted by Gasteiger charge is -2.07. The number of ether oxygens (including phenoxy) is 1. The van der Waals surface area contributed by atoms with Crippen LogP contribution < -0.4 is 5.32 Å². The Balaban J connectivity index is 1.53. The maximum Gasteiger partial charge on any atom is 0.228 e. The van der Waals surface area contributed by atoms with Crippen molar-refractivity contribution >= 4 is 23.4 Å². The Morgan fingerprint density at radius 3 is 2.88 bits per heavy atom. The predicted octanol–water partition coefficient (Wildman–Crippen LogP) is 3.53. The van der Waals surface area contributed by atoms with E-state index in [9.17, 15) is 4.79 Å². The van der Waals surface area contributed by atoms with Gasteiger partial charge < -0.3 is 10.1 Å². The van der Waals surface area contributed by atoms with Crippen LogP contribution in [0, 0.1) is 0 Å². The minimum absolute atomic E-state index is 0.0264. The molecule has 5 nitrogen and oxygen atoms in total. The summed E-state index contributed by atoms with van der Waals surface area (Å²) >= 11 is 1.82. The van der Waals surface area contributed by atoms with Gasteiger partial charge in [-0.15, -0.1) is 11.8 Å². The first-order chi connectivity index (χ1) is 11.6. The number of carbonyl (C=O) groups excluding carboxylic acids is 1. The van der Waals surface area contributed by atoms with Gasteiger partial charge in [0.05, 0.1) is 31.0 Å². The van der Waals surface area contributed by atoms with Crippen molar-refractivity contribution in [3.63, 3.8) is 0 Å². The number of carbonyl (C=O) groups is 1. The highest BCUT2D eigenvalue weighted by Gasteiger charge is 2.18. The number of amides is 1. The van der Waals surface area contributed by atoms with Crippen molar-refractivity contribution in [3.8, 4) is 0 Å². The second-order valence-corrected chi connectivity index (χ2v) is 7.91. The molecule has 0 saturated carbocycles. The highest BCUT2D eigenvalue weighted by molar-refractivity contribution is 7.99. The third-order valence-electron chi connectivity index (χ3n) is 3.82. The Labute approximate surface area is 146 Å². The van der Waals surface area contributed by atoms with Crippen LogP contribution in [0.4, 0.5) is 5.69 Å². The van der Waals surface area contributed by atoms with Crippen LogP contribution in [-0.2, 0) is 16.0 Å². The van der Waals surface area contributed by atoms with Gasteiger partial charge in [-0.3, -0.25) is 9.48 Å². The average Bonchev–Trinajstić information content (AvgIpc) is 3.19. The summed E-state index contributed by atoms with van der Waals surface area (Å²) in [6, 6.07) is 8.46. The minimum atomic E-state index is -0.0264. The van der Waals surface area contributed by atoms with Crippen LogP contribution in [0.2, 0.25) is 0 Å². The van der Waals surface area contributed by atoms with Crippen molar-refractivity contribution in [2.45, 2.75) is 42.9 Å². The molecule has 1 fully saturated rings. The fraction of sp³-hybridized carbons (Fsp3) is 0.444. The first kappa shape index (κ1) is 17.0. The van der Waals surface area contributed by atoms with Crippen LogP contribution in [0.25, 0.3) is 0 Å². The summed E-state index contributed by atoms with van der Waals surface area (Å²) in [4.78, 5) is 13.4. The number of anilines is 1. The van der Waals surface area contributed by atoms with E-state index in [1.807, 2.05) is 34.8 Å². The Morgan fingerprint density at radius 1 is 1.42 bits per heavy atom. The Bertz CT molecular complexity index is 676. The normalized spacial score (nSPS) is 17.4. The molecule has 0 bridgehead atoms. The van der Waals surface area contributed by atoms with Crippen molar-refractivity contribution in [1.29, 1.82) is 0 Å². The molecule has 1 aromatic carbocycles. The van der Waals surface area contributed by atoms with Gasteiger partial charge in [-0.05, 0) is 24.1 Å². The van der Waals surface area contributed by atoms with Gasteiger partial charge in [0, 0.05) is 22.9 Å². The van der Waals surface area contributed by atoms with Gasteiger partial charge >= 0.3 is 0 Å². The number of aromatic nitrogens is 2. The van der Waals surface area contributed by atoms with E-state index in [0.717, 1.165) is 24.3 Å². The quantitative estimate of drug-likeness (QED) is 0.814. The number of hydrogen-bond acceptors (Lipinski definition) is 4. The summed E-state index contributed by atoms with van der Waals surface area (Å²) in [7, 11) is 0.